The van der Waals surface area contributed by atoms with Crippen molar-refractivity contribution in [1.82, 2.24) is 9.97 Å². The molecule has 5 saturated heterocycles. The van der Waals surface area contributed by atoms with Crippen LogP contribution in [0.5, 0.6) is 5.75 Å². The molecule has 14 nitrogen and oxygen atoms in total. The lowest BCUT2D eigenvalue weighted by Crippen LogP contribution is -2.36. The van der Waals surface area contributed by atoms with Crippen LogP contribution >= 0.6 is 22.7 Å². The van der Waals surface area contributed by atoms with Gasteiger partial charge in [0.25, 0.3) is 0 Å². The molecule has 6 aromatic carbocycles. The molecule has 5 fully saturated rings. The van der Waals surface area contributed by atoms with E-state index in [1.165, 1.54) is 139 Å². The van der Waals surface area contributed by atoms with Crippen LogP contribution in [0.2, 0.25) is 0 Å². The third-order valence-corrected chi connectivity index (χ3v) is 28.5. The highest BCUT2D eigenvalue weighted by molar-refractivity contribution is 7.08. The van der Waals surface area contributed by atoms with Crippen LogP contribution in [0, 0.1) is 29.6 Å². The van der Waals surface area contributed by atoms with Gasteiger partial charge < -0.3 is 55.0 Å². The molecule has 122 heavy (non-hydrogen) atoms. The van der Waals surface area contributed by atoms with Gasteiger partial charge in [-0.15, -0.1) is 0 Å². The maximum absolute atomic E-state index is 11.2. The Morgan fingerprint density at radius 2 is 0.598 bits per heavy atom. The molecule has 0 amide bonds. The number of carbonyl (C=O) groups is 1. The minimum absolute atomic E-state index is 0.114. The summed E-state index contributed by atoms with van der Waals surface area (Å²) in [6.45, 7) is 39.7. The predicted octanol–water partition coefficient (Wildman–Crippen LogP) is 26.9. The quantitative estimate of drug-likeness (QED) is 0.0791. The van der Waals surface area contributed by atoms with Gasteiger partial charge in [-0.2, -0.15) is 22.7 Å². The third-order valence-electron chi connectivity index (χ3n) is 27.0. The normalized spacial score (nSPS) is 26.0. The number of ether oxygens (including phenoxy) is 6. The van der Waals surface area contributed by atoms with Gasteiger partial charge >= 0.3 is 5.97 Å². The summed E-state index contributed by atoms with van der Waals surface area (Å²) in [6.07, 6.45) is 20.2. The van der Waals surface area contributed by atoms with Gasteiger partial charge in [0.15, 0.2) is 0 Å². The van der Waals surface area contributed by atoms with Crippen LogP contribution in [0.1, 0.15) is 319 Å². The molecule has 644 valence electrons. The van der Waals surface area contributed by atoms with E-state index in [-0.39, 0.29) is 81.7 Å². The first kappa shape index (κ1) is 86.8. The molecule has 20 rings (SSSR count). The zero-order valence-corrected chi connectivity index (χ0v) is 76.5. The molecule has 0 saturated carbocycles. The Bertz CT molecular complexity index is 4930. The van der Waals surface area contributed by atoms with Crippen molar-refractivity contribution in [3.05, 3.63) is 281 Å². The van der Waals surface area contributed by atoms with Gasteiger partial charge in [0.1, 0.15) is 5.75 Å². The molecule has 0 spiro atoms. The molecular weight excluding hydrogens is 1550 g/mol. The molecule has 4 aromatic heterocycles. The Hall–Kier alpha value is -8.71. The highest BCUT2D eigenvalue weighted by Gasteiger charge is 2.46. The zero-order valence-electron chi connectivity index (χ0n) is 74.9. The number of nitrogens with zero attached hydrogens (tertiary/aromatic N) is 2. The van der Waals surface area contributed by atoms with Crippen LogP contribution in [0.15, 0.2) is 198 Å². The topological polar surface area (TPSA) is 158 Å². The van der Waals surface area contributed by atoms with E-state index in [1.54, 1.807) is 22.7 Å². The van der Waals surface area contributed by atoms with E-state index < -0.39 is 0 Å². The van der Waals surface area contributed by atoms with Gasteiger partial charge in [-0.25, -0.2) is 0 Å². The minimum atomic E-state index is -0.298. The number of thiophene rings is 2. The standard InChI is InChI=1S/C24H29NO3.2C21H26N2O.2C20H25NOS/c1-15(26)28-18-10-7-16(8-11-18)22-19-6-5-13-27-23(19)20-14-17(24(2,3)4)9-12-21(20)25-22;2*1-21(2,3)15-8-9-18-17(12-15)20-16(7-5-11-24-20)19(23-18)14-6-4-10-22-13-14;2*1-20(2,3)14-6-7-17-16(11-14)19-15(5-4-9-22-19)18(21-17)13-8-10-23-12-13/h7-12,14,19,22-23,25H,5-6,13H2,1-4H3;2*4,6,8-10,12-13,16,19-20,23H,5,7,11H2,1-3H3;2*6-8,10-12,15,18-19,21H,4-5,9H2,1-3H3/t;16-,19-,20-;;15-,18-,19-;/m.0.1./s1. The minimum Gasteiger partial charge on any atom is -0.427 e. The second kappa shape index (κ2) is 36.5. The fourth-order valence-corrected chi connectivity index (χ4v) is 21.7. The molecule has 0 bridgehead atoms. The van der Waals surface area contributed by atoms with Gasteiger partial charge in [-0.1, -0.05) is 189 Å². The molecule has 0 radical (unpaired) electrons. The Morgan fingerprint density at radius 3 is 0.828 bits per heavy atom. The second-order valence-electron chi connectivity index (χ2n) is 40.7. The summed E-state index contributed by atoms with van der Waals surface area (Å²) in [5.74, 6) is 2.65. The number of anilines is 5. The summed E-state index contributed by atoms with van der Waals surface area (Å²) < 4.78 is 36.5. The van der Waals surface area contributed by atoms with Crippen molar-refractivity contribution in [1.29, 1.82) is 0 Å². The summed E-state index contributed by atoms with van der Waals surface area (Å²) in [5.41, 5.74) is 26.8. The van der Waals surface area contributed by atoms with Crippen molar-refractivity contribution in [2.24, 2.45) is 29.6 Å². The van der Waals surface area contributed by atoms with Crippen molar-refractivity contribution in [3.63, 3.8) is 0 Å². The van der Waals surface area contributed by atoms with Gasteiger partial charge in [0.2, 0.25) is 0 Å². The SMILES string of the molecule is CC(=O)Oc1ccc(C2Nc3ccc(C(C)(C)C)cc3C3OCCCC23)cc1.CC(C)(C)c1ccc2c(c1)C1OCCCC1C(c1cccnc1)N2.CC(C)(C)c1ccc2c(c1)C1OCCCC1C(c1ccsc1)N2.CC(C)(C)c1ccc2c(c1)[C@@H]1OCCC[C@@H]1[C@@H](c1ccsc1)N2.CC(C)(C)c1ccc2c(c1)[C@H]1OCCC[C@H]1[C@H](c1cccnc1)N2. The van der Waals surface area contributed by atoms with Crippen LogP contribution in [0.4, 0.5) is 28.4 Å². The first-order valence-corrected chi connectivity index (χ1v) is 47.1. The Morgan fingerprint density at radius 1 is 0.336 bits per heavy atom. The highest BCUT2D eigenvalue weighted by Crippen LogP contribution is 2.56. The third kappa shape index (κ3) is 19.2. The lowest BCUT2D eigenvalue weighted by atomic mass is 9.76. The predicted molar refractivity (Wildman–Crippen MR) is 499 cm³/mol. The largest absolute Gasteiger partial charge is 0.427 e. The van der Waals surface area contributed by atoms with E-state index >= 15 is 0 Å². The average molecular weight is 1680 g/mol. The van der Waals surface area contributed by atoms with Gasteiger partial charge in [0.05, 0.1) is 60.7 Å². The first-order valence-electron chi connectivity index (χ1n) is 45.2. The van der Waals surface area contributed by atoms with E-state index in [2.05, 4.69) is 289 Å². The Labute approximate surface area is 734 Å². The number of fused-ring (bicyclic) bond motifs is 15. The summed E-state index contributed by atoms with van der Waals surface area (Å²) >= 11 is 3.56. The summed E-state index contributed by atoms with van der Waals surface area (Å²) in [7, 11) is 0. The van der Waals surface area contributed by atoms with Gasteiger partial charge in [-0.3, -0.25) is 14.8 Å². The molecule has 10 aliphatic rings. The van der Waals surface area contributed by atoms with Crippen LogP contribution in [0.25, 0.3) is 0 Å². The maximum Gasteiger partial charge on any atom is 0.308 e. The molecule has 14 heterocycles. The first-order chi connectivity index (χ1) is 58.5. The van der Waals surface area contributed by atoms with Crippen LogP contribution < -0.4 is 31.3 Å². The molecular formula is C106H131N7O7S2. The number of esters is 1. The molecule has 10 aliphatic heterocycles. The lowest BCUT2D eigenvalue weighted by molar-refractivity contribution is -0.131. The zero-order chi connectivity index (χ0) is 85.4. The van der Waals surface area contributed by atoms with Crippen molar-refractivity contribution >= 4 is 57.1 Å². The van der Waals surface area contributed by atoms with Crippen molar-refractivity contribution < 1.29 is 33.2 Å². The van der Waals surface area contributed by atoms with Crippen LogP contribution in [-0.2, 0) is 55.6 Å². The van der Waals surface area contributed by atoms with Crippen molar-refractivity contribution in [3.8, 4) is 5.75 Å². The second-order valence-corrected chi connectivity index (χ2v) is 42.3. The van der Waals surface area contributed by atoms with E-state index in [4.69, 9.17) is 28.4 Å². The van der Waals surface area contributed by atoms with E-state index in [0.29, 0.717) is 47.4 Å². The van der Waals surface area contributed by atoms with E-state index in [9.17, 15) is 4.79 Å². The maximum atomic E-state index is 11.2. The summed E-state index contributed by atoms with van der Waals surface area (Å²) in [5, 5.41) is 27.8. The molecule has 0 aliphatic carbocycles. The monoisotopic (exact) mass is 1680 g/mol. The number of carbonyl (C=O) groups excluding carboxylic acids is 1. The fraction of sp³-hybridized carbons (Fsp3) is 0.481. The van der Waals surface area contributed by atoms with E-state index in [0.717, 1.165) is 77.2 Å². The van der Waals surface area contributed by atoms with Gasteiger partial charge in [-0.05, 0) is 235 Å². The highest BCUT2D eigenvalue weighted by atomic mass is 32.1. The van der Waals surface area contributed by atoms with Crippen molar-refractivity contribution in [2.45, 2.75) is 263 Å². The Kier molecular flexibility index (Phi) is 25.9. The number of hydrogen-bond donors (Lipinski definition) is 5. The lowest BCUT2D eigenvalue weighted by Gasteiger charge is -2.44. The number of pyridine rings is 2. The number of aromatic nitrogens is 2. The molecule has 5 N–H and O–H groups in total. The summed E-state index contributed by atoms with van der Waals surface area (Å²) in [4.78, 5) is 19.8. The molecule has 9 unspecified atom stereocenters. The average Bonchev–Trinajstić information content (AvgIpc) is 0.959. The Balaban J connectivity index is 0.000000113. The van der Waals surface area contributed by atoms with Crippen LogP contribution in [0.3, 0.4) is 0 Å². The number of rotatable bonds is 6. The van der Waals surface area contributed by atoms with Crippen LogP contribution in [-0.4, -0.2) is 49.0 Å². The van der Waals surface area contributed by atoms with E-state index in [1.807, 2.05) is 49.1 Å². The fourth-order valence-electron chi connectivity index (χ4n) is 20.3. The molecule has 10 aromatic rings. The summed E-state index contributed by atoms with van der Waals surface area (Å²) in [6, 6.07) is 56.4. The number of nitrogens with one attached hydrogen (secondary N) is 5. The van der Waals surface area contributed by atoms with Crippen molar-refractivity contribution in [2.75, 3.05) is 59.6 Å². The molecule has 15 atom stereocenters. The molecule has 16 heteroatoms. The van der Waals surface area contributed by atoms with Gasteiger partial charge in [0, 0.05) is 151 Å². The number of benzene rings is 6. The number of hydrogen-bond acceptors (Lipinski definition) is 16. The smallest absolute Gasteiger partial charge is 0.308 e.